The molecule has 0 aromatic rings. The molecule has 54 valence electrons. The molecule has 0 aliphatic rings. The lowest BCUT2D eigenvalue weighted by Crippen LogP contribution is -1.89. The number of hydrogen-bond donors (Lipinski definition) is 0. The fourth-order valence-corrected chi connectivity index (χ4v) is 0.387. The van der Waals surface area contributed by atoms with E-state index in [4.69, 9.17) is 0 Å². The molecule has 0 aromatic carbocycles. The summed E-state index contributed by atoms with van der Waals surface area (Å²) in [5.41, 5.74) is 0.683. The van der Waals surface area contributed by atoms with E-state index in [9.17, 15) is 0 Å². The fraction of sp³-hybridized carbons (Fsp3) is 0.143. The maximum Gasteiger partial charge on any atom is 0.0861 e. The van der Waals surface area contributed by atoms with E-state index in [0.29, 0.717) is 12.1 Å². The standard InChI is InChI=1S/C7H10N2O/c1-4-6-7(5-2)9-10-8-3/h4-5H,1-3,6H2/b9-7-. The van der Waals surface area contributed by atoms with Crippen LogP contribution >= 0.6 is 0 Å². The first kappa shape index (κ1) is 8.62. The lowest BCUT2D eigenvalue weighted by atomic mass is 10.3. The van der Waals surface area contributed by atoms with Crippen LogP contribution in [-0.4, -0.2) is 12.4 Å². The first-order valence-electron chi connectivity index (χ1n) is 2.77. The number of rotatable bonds is 5. The van der Waals surface area contributed by atoms with Crippen LogP contribution in [0.3, 0.4) is 0 Å². The monoisotopic (exact) mass is 138 g/mol. The van der Waals surface area contributed by atoms with Crippen LogP contribution in [0, 0.1) is 0 Å². The summed E-state index contributed by atoms with van der Waals surface area (Å²) in [6.45, 7) is 10.1. The van der Waals surface area contributed by atoms with Gasteiger partial charge < -0.3 is 0 Å². The summed E-state index contributed by atoms with van der Waals surface area (Å²) in [5, 5.41) is 6.63. The van der Waals surface area contributed by atoms with Crippen LogP contribution in [0.2, 0.25) is 0 Å². The van der Waals surface area contributed by atoms with Crippen molar-refractivity contribution >= 4 is 12.4 Å². The minimum absolute atomic E-state index is 0.624. The number of nitrogens with zero attached hydrogens (tertiary/aromatic N) is 2. The molecule has 0 aromatic heterocycles. The van der Waals surface area contributed by atoms with E-state index in [-0.39, 0.29) is 0 Å². The van der Waals surface area contributed by atoms with Gasteiger partial charge in [0.05, 0.1) is 5.71 Å². The molecular formula is C7H10N2O. The maximum absolute atomic E-state index is 4.32. The molecule has 0 amide bonds. The SMILES string of the molecule is C=CC/C(C=C)=N\ON=C. The van der Waals surface area contributed by atoms with Crippen molar-refractivity contribution in [1.82, 2.24) is 0 Å². The Morgan fingerprint density at radius 3 is 2.60 bits per heavy atom. The highest BCUT2D eigenvalue weighted by molar-refractivity contribution is 5.94. The zero-order valence-corrected chi connectivity index (χ0v) is 5.79. The Hall–Kier alpha value is -1.38. The summed E-state index contributed by atoms with van der Waals surface area (Å²) in [5.74, 6) is 0. The fourth-order valence-electron chi connectivity index (χ4n) is 0.387. The van der Waals surface area contributed by atoms with Gasteiger partial charge in [-0.3, -0.25) is 0 Å². The molecule has 3 heteroatoms. The van der Waals surface area contributed by atoms with Gasteiger partial charge in [-0.2, -0.15) is 0 Å². The molecule has 0 saturated heterocycles. The molecule has 0 radical (unpaired) electrons. The predicted octanol–water partition coefficient (Wildman–Crippen LogP) is 1.74. The number of oxime groups is 2. The van der Waals surface area contributed by atoms with Gasteiger partial charge in [0, 0.05) is 13.1 Å². The predicted molar refractivity (Wildman–Crippen MR) is 43.1 cm³/mol. The molecule has 0 rings (SSSR count). The Bertz CT molecular complexity index is 161. The van der Waals surface area contributed by atoms with E-state index in [0.717, 1.165) is 0 Å². The van der Waals surface area contributed by atoms with Crippen LogP contribution < -0.4 is 0 Å². The molecule has 0 heterocycles. The van der Waals surface area contributed by atoms with Crippen molar-refractivity contribution in [1.29, 1.82) is 0 Å². The van der Waals surface area contributed by atoms with E-state index < -0.39 is 0 Å². The largest absolute Gasteiger partial charge is 0.245 e. The van der Waals surface area contributed by atoms with Crippen LogP contribution in [0.1, 0.15) is 6.42 Å². The first-order valence-corrected chi connectivity index (χ1v) is 2.77. The van der Waals surface area contributed by atoms with E-state index in [1.807, 2.05) is 0 Å². The van der Waals surface area contributed by atoms with Gasteiger partial charge in [0.2, 0.25) is 0 Å². The summed E-state index contributed by atoms with van der Waals surface area (Å²) in [7, 11) is 0. The number of allylic oxidation sites excluding steroid dienone is 2. The minimum atomic E-state index is 0.624. The molecular weight excluding hydrogens is 128 g/mol. The van der Waals surface area contributed by atoms with Gasteiger partial charge in [-0.05, 0) is 6.08 Å². The Labute approximate surface area is 60.4 Å². The van der Waals surface area contributed by atoms with Crippen molar-refractivity contribution in [3.05, 3.63) is 25.3 Å². The Balaban J connectivity index is 3.88. The van der Waals surface area contributed by atoms with Crippen LogP contribution in [0.15, 0.2) is 35.6 Å². The molecule has 0 N–H and O–H groups in total. The molecule has 0 unspecified atom stereocenters. The molecule has 0 bridgehead atoms. The van der Waals surface area contributed by atoms with Gasteiger partial charge in [0.1, 0.15) is 0 Å². The summed E-state index contributed by atoms with van der Waals surface area (Å²) in [4.78, 5) is 4.32. The van der Waals surface area contributed by atoms with Crippen molar-refractivity contribution < 1.29 is 4.94 Å². The third-order valence-electron chi connectivity index (χ3n) is 0.805. The van der Waals surface area contributed by atoms with E-state index in [1.165, 1.54) is 0 Å². The minimum Gasteiger partial charge on any atom is -0.245 e. The van der Waals surface area contributed by atoms with Gasteiger partial charge in [-0.25, -0.2) is 4.94 Å². The molecule has 0 atom stereocenters. The maximum atomic E-state index is 4.32. The lowest BCUT2D eigenvalue weighted by molar-refractivity contribution is 0.158. The topological polar surface area (TPSA) is 34.0 Å². The third-order valence-corrected chi connectivity index (χ3v) is 0.805. The van der Waals surface area contributed by atoms with Gasteiger partial charge in [0.25, 0.3) is 0 Å². The lowest BCUT2D eigenvalue weighted by Gasteiger charge is -1.90. The van der Waals surface area contributed by atoms with Crippen LogP contribution in [0.5, 0.6) is 0 Å². The van der Waals surface area contributed by atoms with Crippen molar-refractivity contribution in [2.75, 3.05) is 0 Å². The van der Waals surface area contributed by atoms with E-state index in [1.54, 1.807) is 12.2 Å². The van der Waals surface area contributed by atoms with E-state index >= 15 is 0 Å². The summed E-state index contributed by atoms with van der Waals surface area (Å²) in [6.07, 6.45) is 3.90. The highest BCUT2D eigenvalue weighted by Gasteiger charge is 1.87. The highest BCUT2D eigenvalue weighted by atomic mass is 16.8. The Kier molecular flexibility index (Phi) is 4.96. The molecule has 0 aliphatic carbocycles. The first-order chi connectivity index (χ1) is 4.85. The van der Waals surface area contributed by atoms with Crippen molar-refractivity contribution in [2.45, 2.75) is 6.42 Å². The zero-order chi connectivity index (χ0) is 7.82. The Morgan fingerprint density at radius 2 is 2.20 bits per heavy atom. The second-order valence-corrected chi connectivity index (χ2v) is 1.49. The normalized spacial score (nSPS) is 10.2. The van der Waals surface area contributed by atoms with Crippen molar-refractivity contribution in [3.63, 3.8) is 0 Å². The molecule has 0 saturated carbocycles. The zero-order valence-electron chi connectivity index (χ0n) is 5.79. The molecule has 0 fully saturated rings. The summed E-state index contributed by atoms with van der Waals surface area (Å²) >= 11 is 0. The highest BCUT2D eigenvalue weighted by Crippen LogP contribution is 1.90. The average Bonchev–Trinajstić information content (AvgIpc) is 1.98. The van der Waals surface area contributed by atoms with E-state index in [2.05, 4.69) is 35.1 Å². The molecule has 3 nitrogen and oxygen atoms in total. The van der Waals surface area contributed by atoms with Crippen LogP contribution in [0.25, 0.3) is 0 Å². The Morgan fingerprint density at radius 1 is 1.50 bits per heavy atom. The molecule has 0 aliphatic heterocycles. The van der Waals surface area contributed by atoms with Gasteiger partial charge in [0.15, 0.2) is 0 Å². The second kappa shape index (κ2) is 5.75. The summed E-state index contributed by atoms with van der Waals surface area (Å²) < 4.78 is 0. The van der Waals surface area contributed by atoms with Gasteiger partial charge >= 0.3 is 0 Å². The molecule has 0 spiro atoms. The van der Waals surface area contributed by atoms with Crippen molar-refractivity contribution in [3.8, 4) is 0 Å². The average molecular weight is 138 g/mol. The van der Waals surface area contributed by atoms with Crippen LogP contribution in [-0.2, 0) is 4.94 Å². The van der Waals surface area contributed by atoms with Gasteiger partial charge in [-0.15, -0.1) is 6.58 Å². The number of hydrogen-bond acceptors (Lipinski definition) is 3. The van der Waals surface area contributed by atoms with Crippen LogP contribution in [0.4, 0.5) is 0 Å². The van der Waals surface area contributed by atoms with Gasteiger partial charge in [-0.1, -0.05) is 23.0 Å². The van der Waals surface area contributed by atoms with Crippen molar-refractivity contribution in [2.24, 2.45) is 10.3 Å². The smallest absolute Gasteiger partial charge is 0.0861 e. The third kappa shape index (κ3) is 3.60. The second-order valence-electron chi connectivity index (χ2n) is 1.49. The summed E-state index contributed by atoms with van der Waals surface area (Å²) in [6, 6.07) is 0. The molecule has 10 heavy (non-hydrogen) atoms. The quantitative estimate of drug-likeness (QED) is 0.323.